The van der Waals surface area contributed by atoms with E-state index < -0.39 is 6.10 Å². The fraction of sp³-hybridized carbons (Fsp3) is 0.625. The van der Waals surface area contributed by atoms with E-state index in [2.05, 4.69) is 6.92 Å². The summed E-state index contributed by atoms with van der Waals surface area (Å²) in [5.74, 6) is 1.14. The quantitative estimate of drug-likeness (QED) is 0.831. The van der Waals surface area contributed by atoms with E-state index in [1.54, 1.807) is 6.07 Å². The third kappa shape index (κ3) is 2.36. The monoisotopic (exact) mass is 264 g/mol. The molecule has 2 aliphatic rings. The highest BCUT2D eigenvalue weighted by Gasteiger charge is 2.42. The lowest BCUT2D eigenvalue weighted by molar-refractivity contribution is -0.0472. The van der Waals surface area contributed by atoms with Gasteiger partial charge in [0, 0.05) is 12.0 Å². The second kappa shape index (κ2) is 4.78. The Morgan fingerprint density at radius 1 is 1.37 bits per heavy atom. The van der Waals surface area contributed by atoms with Crippen LogP contribution in [0.5, 0.6) is 5.75 Å². The molecular weight excluding hydrogens is 243 g/mol. The van der Waals surface area contributed by atoms with Crippen LogP contribution in [-0.2, 0) is 0 Å². The van der Waals surface area contributed by atoms with Crippen LogP contribution in [-0.4, -0.2) is 10.7 Å². The minimum absolute atomic E-state index is 0.226. The van der Waals surface area contributed by atoms with Gasteiger partial charge in [0.25, 0.3) is 0 Å². The minimum Gasteiger partial charge on any atom is -0.487 e. The highest BCUT2D eigenvalue weighted by molar-refractivity contribution is 5.38. The van der Waals surface area contributed by atoms with Crippen LogP contribution in [0.15, 0.2) is 18.2 Å². The van der Waals surface area contributed by atoms with Crippen LogP contribution in [0, 0.1) is 11.7 Å². The normalized spacial score (nSPS) is 33.8. The van der Waals surface area contributed by atoms with Crippen LogP contribution >= 0.6 is 0 Å². The van der Waals surface area contributed by atoms with Crippen molar-refractivity contribution in [1.82, 2.24) is 0 Å². The first-order chi connectivity index (χ1) is 9.12. The van der Waals surface area contributed by atoms with Crippen LogP contribution in [0.25, 0.3) is 0 Å². The molecule has 1 heterocycles. The fourth-order valence-corrected chi connectivity index (χ4v) is 3.53. The van der Waals surface area contributed by atoms with Gasteiger partial charge in [0.15, 0.2) is 0 Å². The van der Waals surface area contributed by atoms with Crippen molar-refractivity contribution in [2.45, 2.75) is 57.2 Å². The number of fused-ring (bicyclic) bond motifs is 1. The molecule has 1 N–H and O–H groups in total. The molecule has 0 saturated heterocycles. The molecule has 0 unspecified atom stereocenters. The lowest BCUT2D eigenvalue weighted by atomic mass is 9.73. The molecular formula is C16H21FO2. The molecule has 3 rings (SSSR count). The summed E-state index contributed by atoms with van der Waals surface area (Å²) in [5.41, 5.74) is 0.374. The number of aliphatic hydroxyl groups excluding tert-OH is 1. The Balaban J connectivity index is 1.83. The zero-order valence-electron chi connectivity index (χ0n) is 11.4. The van der Waals surface area contributed by atoms with Gasteiger partial charge in [0.05, 0.1) is 6.10 Å². The zero-order chi connectivity index (χ0) is 13.5. The molecule has 1 fully saturated rings. The van der Waals surface area contributed by atoms with E-state index in [-0.39, 0.29) is 11.4 Å². The maximum absolute atomic E-state index is 13.2. The van der Waals surface area contributed by atoms with Crippen molar-refractivity contribution in [3.05, 3.63) is 29.6 Å². The maximum atomic E-state index is 13.2. The van der Waals surface area contributed by atoms with Gasteiger partial charge in [-0.2, -0.15) is 0 Å². The van der Waals surface area contributed by atoms with Crippen LogP contribution < -0.4 is 4.74 Å². The number of halogens is 1. The Bertz CT molecular complexity index is 464. The van der Waals surface area contributed by atoms with Gasteiger partial charge in [-0.25, -0.2) is 4.39 Å². The summed E-state index contributed by atoms with van der Waals surface area (Å²) in [5, 5.41) is 10.3. The Morgan fingerprint density at radius 3 is 2.79 bits per heavy atom. The second-order valence-corrected chi connectivity index (χ2v) is 6.04. The molecule has 1 saturated carbocycles. The summed E-state index contributed by atoms with van der Waals surface area (Å²) in [4.78, 5) is 0. The molecule has 1 aliphatic carbocycles. The predicted molar refractivity (Wildman–Crippen MR) is 71.6 cm³/mol. The van der Waals surface area contributed by atoms with E-state index in [9.17, 15) is 9.50 Å². The molecule has 0 amide bonds. The Kier molecular flexibility index (Phi) is 3.25. The van der Waals surface area contributed by atoms with E-state index in [1.165, 1.54) is 31.4 Å². The average Bonchev–Trinajstić information content (AvgIpc) is 2.41. The number of aliphatic hydroxyl groups is 1. The van der Waals surface area contributed by atoms with E-state index in [1.807, 2.05) is 0 Å². The largest absolute Gasteiger partial charge is 0.487 e. The van der Waals surface area contributed by atoms with Gasteiger partial charge >= 0.3 is 0 Å². The minimum atomic E-state index is -0.599. The molecule has 104 valence electrons. The first-order valence-electron chi connectivity index (χ1n) is 7.28. The topological polar surface area (TPSA) is 29.5 Å². The summed E-state index contributed by atoms with van der Waals surface area (Å²) in [7, 11) is 0. The molecule has 1 aromatic rings. The SMILES string of the molecule is CCC1CCC2(CC1)C[C@H](O)c1cc(F)ccc1O2. The van der Waals surface area contributed by atoms with Crippen molar-refractivity contribution in [3.63, 3.8) is 0 Å². The van der Waals surface area contributed by atoms with Gasteiger partial charge in [-0.15, -0.1) is 0 Å². The summed E-state index contributed by atoms with van der Waals surface area (Å²) in [6.07, 6.45) is 5.55. The molecule has 2 nitrogen and oxygen atoms in total. The van der Waals surface area contributed by atoms with Crippen molar-refractivity contribution < 1.29 is 14.2 Å². The van der Waals surface area contributed by atoms with Crippen LogP contribution in [0.2, 0.25) is 0 Å². The predicted octanol–water partition coefficient (Wildman–Crippen LogP) is 3.98. The molecule has 1 aliphatic heterocycles. The van der Waals surface area contributed by atoms with E-state index >= 15 is 0 Å². The fourth-order valence-electron chi connectivity index (χ4n) is 3.53. The molecule has 3 heteroatoms. The number of hydrogen-bond donors (Lipinski definition) is 1. The lowest BCUT2D eigenvalue weighted by Gasteiger charge is -2.45. The van der Waals surface area contributed by atoms with Crippen LogP contribution in [0.4, 0.5) is 4.39 Å². The highest BCUT2D eigenvalue weighted by Crippen LogP contribution is 2.47. The molecule has 1 spiro atoms. The van der Waals surface area contributed by atoms with E-state index in [0.29, 0.717) is 17.7 Å². The molecule has 1 aromatic carbocycles. The van der Waals surface area contributed by atoms with Gasteiger partial charge in [-0.1, -0.05) is 13.3 Å². The third-order valence-corrected chi connectivity index (χ3v) is 4.82. The maximum Gasteiger partial charge on any atom is 0.126 e. The van der Waals surface area contributed by atoms with Gasteiger partial charge in [0.2, 0.25) is 0 Å². The summed E-state index contributed by atoms with van der Waals surface area (Å²) in [6, 6.07) is 4.45. The van der Waals surface area contributed by atoms with Crippen molar-refractivity contribution in [1.29, 1.82) is 0 Å². The second-order valence-electron chi connectivity index (χ2n) is 6.04. The Labute approximate surface area is 113 Å². The van der Waals surface area contributed by atoms with E-state index in [4.69, 9.17) is 4.74 Å². The molecule has 19 heavy (non-hydrogen) atoms. The Morgan fingerprint density at radius 2 is 2.11 bits per heavy atom. The van der Waals surface area contributed by atoms with Crippen LogP contribution in [0.3, 0.4) is 0 Å². The smallest absolute Gasteiger partial charge is 0.126 e. The third-order valence-electron chi connectivity index (χ3n) is 4.82. The van der Waals surface area contributed by atoms with Crippen molar-refractivity contribution in [3.8, 4) is 5.75 Å². The van der Waals surface area contributed by atoms with Gasteiger partial charge in [-0.3, -0.25) is 0 Å². The summed E-state index contributed by atoms with van der Waals surface area (Å²) < 4.78 is 19.4. The molecule has 0 aromatic heterocycles. The highest BCUT2D eigenvalue weighted by atomic mass is 19.1. The standard InChI is InChI=1S/C16H21FO2/c1-2-11-5-7-16(8-6-11)10-14(18)13-9-12(17)3-4-15(13)19-16/h3-4,9,11,14,18H,2,5-8,10H2,1H3/t11?,14-,16?/m0/s1. The van der Waals surface area contributed by atoms with Gasteiger partial charge < -0.3 is 9.84 Å². The number of rotatable bonds is 1. The first-order valence-corrected chi connectivity index (χ1v) is 7.28. The van der Waals surface area contributed by atoms with Gasteiger partial charge in [-0.05, 0) is 49.8 Å². The number of ether oxygens (including phenoxy) is 1. The summed E-state index contributed by atoms with van der Waals surface area (Å²) >= 11 is 0. The van der Waals surface area contributed by atoms with Crippen LogP contribution in [0.1, 0.15) is 57.1 Å². The lowest BCUT2D eigenvalue weighted by Crippen LogP contribution is -2.44. The molecule has 0 bridgehead atoms. The molecule has 1 atom stereocenters. The first kappa shape index (κ1) is 12.9. The Hall–Kier alpha value is -1.09. The van der Waals surface area contributed by atoms with Crippen molar-refractivity contribution >= 4 is 0 Å². The summed E-state index contributed by atoms with van der Waals surface area (Å²) in [6.45, 7) is 2.23. The number of hydrogen-bond acceptors (Lipinski definition) is 2. The van der Waals surface area contributed by atoms with E-state index in [0.717, 1.165) is 18.8 Å². The molecule has 0 radical (unpaired) electrons. The number of benzene rings is 1. The van der Waals surface area contributed by atoms with Crippen molar-refractivity contribution in [2.75, 3.05) is 0 Å². The van der Waals surface area contributed by atoms with Gasteiger partial charge in [0.1, 0.15) is 17.2 Å². The zero-order valence-corrected chi connectivity index (χ0v) is 11.4. The van der Waals surface area contributed by atoms with Crippen molar-refractivity contribution in [2.24, 2.45) is 5.92 Å². The average molecular weight is 264 g/mol.